The molecule has 160 valence electrons. The van der Waals surface area contributed by atoms with Crippen LogP contribution in [-0.4, -0.2) is 66.4 Å². The fraction of sp³-hybridized carbons (Fsp3) is 0.391. The Bertz CT molecular complexity index is 859. The third-order valence-corrected chi connectivity index (χ3v) is 5.05. The van der Waals surface area contributed by atoms with Gasteiger partial charge in [-0.2, -0.15) is 5.10 Å². The van der Waals surface area contributed by atoms with Crippen molar-refractivity contribution in [2.24, 2.45) is 5.10 Å². The van der Waals surface area contributed by atoms with Gasteiger partial charge < -0.3 is 9.84 Å². The van der Waals surface area contributed by atoms with E-state index in [1.807, 2.05) is 6.92 Å². The number of carbonyl (C=O) groups is 1. The van der Waals surface area contributed by atoms with Crippen LogP contribution >= 0.6 is 0 Å². The molecule has 1 amide bonds. The molecule has 0 atom stereocenters. The summed E-state index contributed by atoms with van der Waals surface area (Å²) in [6, 6.07) is 13.6. The summed E-state index contributed by atoms with van der Waals surface area (Å²) in [4.78, 5) is 16.7. The molecule has 1 aliphatic heterocycles. The molecule has 1 aliphatic rings. The van der Waals surface area contributed by atoms with E-state index in [9.17, 15) is 9.90 Å². The number of rotatable bonds is 8. The summed E-state index contributed by atoms with van der Waals surface area (Å²) < 4.78 is 5.35. The van der Waals surface area contributed by atoms with Crippen LogP contribution in [-0.2, 0) is 11.3 Å². The number of hydrogen-bond donors (Lipinski definition) is 2. The average molecular weight is 411 g/mol. The van der Waals surface area contributed by atoms with Gasteiger partial charge in [-0.05, 0) is 43.2 Å². The molecule has 0 bridgehead atoms. The zero-order valence-electron chi connectivity index (χ0n) is 17.7. The highest BCUT2D eigenvalue weighted by atomic mass is 16.5. The number of aryl methyl sites for hydroxylation is 1. The van der Waals surface area contributed by atoms with Crippen molar-refractivity contribution >= 4 is 12.1 Å². The number of ether oxygens (including phenoxy) is 1. The van der Waals surface area contributed by atoms with Gasteiger partial charge in [0.2, 0.25) is 0 Å². The number of amides is 1. The fourth-order valence-electron chi connectivity index (χ4n) is 3.36. The third kappa shape index (κ3) is 6.57. The first-order valence-corrected chi connectivity index (χ1v) is 10.3. The van der Waals surface area contributed by atoms with Crippen LogP contribution in [0.2, 0.25) is 0 Å². The number of aromatic hydroxyl groups is 1. The lowest BCUT2D eigenvalue weighted by molar-refractivity contribution is -0.122. The van der Waals surface area contributed by atoms with Gasteiger partial charge in [0, 0.05) is 32.7 Å². The Kier molecular flexibility index (Phi) is 7.82. The van der Waals surface area contributed by atoms with Gasteiger partial charge in [0.15, 0.2) is 11.5 Å². The molecular formula is C23H30N4O3. The molecule has 30 heavy (non-hydrogen) atoms. The maximum Gasteiger partial charge on any atom is 0.254 e. The molecule has 1 heterocycles. The van der Waals surface area contributed by atoms with Crippen LogP contribution in [0.15, 0.2) is 47.6 Å². The number of phenols is 1. The first-order chi connectivity index (χ1) is 14.5. The summed E-state index contributed by atoms with van der Waals surface area (Å²) in [5.74, 6) is 0.345. The van der Waals surface area contributed by atoms with Crippen molar-refractivity contribution in [3.63, 3.8) is 0 Å². The predicted octanol–water partition coefficient (Wildman–Crippen LogP) is 2.37. The van der Waals surface area contributed by atoms with Crippen LogP contribution in [0.3, 0.4) is 0 Å². The van der Waals surface area contributed by atoms with Crippen molar-refractivity contribution < 1.29 is 14.6 Å². The van der Waals surface area contributed by atoms with E-state index in [2.05, 4.69) is 51.5 Å². The van der Waals surface area contributed by atoms with E-state index in [1.165, 1.54) is 11.1 Å². The van der Waals surface area contributed by atoms with E-state index < -0.39 is 0 Å². The summed E-state index contributed by atoms with van der Waals surface area (Å²) in [7, 11) is 0. The smallest absolute Gasteiger partial charge is 0.254 e. The van der Waals surface area contributed by atoms with Gasteiger partial charge in [-0.15, -0.1) is 0 Å². The Morgan fingerprint density at radius 2 is 1.83 bits per heavy atom. The molecule has 0 aliphatic carbocycles. The first kappa shape index (κ1) is 21.8. The molecule has 2 aromatic carbocycles. The van der Waals surface area contributed by atoms with E-state index in [0.29, 0.717) is 18.9 Å². The molecule has 1 fully saturated rings. The van der Waals surface area contributed by atoms with Crippen LogP contribution in [0.25, 0.3) is 0 Å². The second kappa shape index (κ2) is 10.8. The molecule has 7 heteroatoms. The molecular weight excluding hydrogens is 380 g/mol. The van der Waals surface area contributed by atoms with Crippen LogP contribution in [0.4, 0.5) is 0 Å². The van der Waals surface area contributed by atoms with E-state index in [4.69, 9.17) is 4.74 Å². The quantitative estimate of drug-likeness (QED) is 0.516. The van der Waals surface area contributed by atoms with E-state index in [0.717, 1.165) is 38.3 Å². The highest BCUT2D eigenvalue weighted by Gasteiger charge is 2.18. The van der Waals surface area contributed by atoms with E-state index in [1.54, 1.807) is 24.4 Å². The zero-order valence-corrected chi connectivity index (χ0v) is 17.7. The molecule has 0 spiro atoms. The van der Waals surface area contributed by atoms with Crippen molar-refractivity contribution in [1.82, 2.24) is 15.2 Å². The molecule has 0 saturated carbocycles. The lowest BCUT2D eigenvalue weighted by Gasteiger charge is -2.34. The summed E-state index contributed by atoms with van der Waals surface area (Å²) in [5, 5.41) is 13.7. The minimum Gasteiger partial charge on any atom is -0.504 e. The van der Waals surface area contributed by atoms with Gasteiger partial charge in [-0.1, -0.05) is 29.8 Å². The van der Waals surface area contributed by atoms with Gasteiger partial charge in [0.05, 0.1) is 19.4 Å². The van der Waals surface area contributed by atoms with Gasteiger partial charge in [-0.3, -0.25) is 14.6 Å². The third-order valence-electron chi connectivity index (χ3n) is 5.05. The Morgan fingerprint density at radius 3 is 2.53 bits per heavy atom. The normalized spacial score (nSPS) is 15.4. The van der Waals surface area contributed by atoms with E-state index in [-0.39, 0.29) is 11.7 Å². The predicted molar refractivity (Wildman–Crippen MR) is 118 cm³/mol. The second-order valence-corrected chi connectivity index (χ2v) is 7.49. The number of nitrogens with zero attached hydrogens (tertiary/aromatic N) is 3. The van der Waals surface area contributed by atoms with E-state index >= 15 is 0 Å². The maximum absolute atomic E-state index is 12.2. The highest BCUT2D eigenvalue weighted by Crippen LogP contribution is 2.26. The monoisotopic (exact) mass is 410 g/mol. The molecule has 7 nitrogen and oxygen atoms in total. The SMILES string of the molecule is CCOc1cc(C=NNC(=O)CN2CCN(Cc3ccc(C)cc3)CC2)ccc1O. The minimum absolute atomic E-state index is 0.0829. The molecule has 0 radical (unpaired) electrons. The molecule has 2 N–H and O–H groups in total. The summed E-state index contributed by atoms with van der Waals surface area (Å²) in [5.41, 5.74) is 5.91. The van der Waals surface area contributed by atoms with Crippen molar-refractivity contribution in [2.45, 2.75) is 20.4 Å². The maximum atomic E-state index is 12.2. The number of phenolic OH excluding ortho intramolecular Hbond substituents is 1. The standard InChI is InChI=1S/C23H30N4O3/c1-3-30-22-14-20(8-9-21(22)28)15-24-25-23(29)17-27-12-10-26(11-13-27)16-19-6-4-18(2)5-7-19/h4-9,14-15,28H,3,10-13,16-17H2,1-2H3,(H,25,29). The zero-order chi connectivity index (χ0) is 21.3. The Balaban J connectivity index is 1.40. The topological polar surface area (TPSA) is 77.4 Å². The number of nitrogens with one attached hydrogen (secondary N) is 1. The second-order valence-electron chi connectivity index (χ2n) is 7.49. The van der Waals surface area contributed by atoms with Gasteiger partial charge >= 0.3 is 0 Å². The van der Waals surface area contributed by atoms with Crippen molar-refractivity contribution in [2.75, 3.05) is 39.3 Å². The minimum atomic E-state index is -0.137. The molecule has 0 unspecified atom stereocenters. The Hall–Kier alpha value is -2.90. The lowest BCUT2D eigenvalue weighted by Crippen LogP contribution is -2.48. The number of hydrogen-bond acceptors (Lipinski definition) is 6. The van der Waals surface area contributed by atoms with Gasteiger partial charge in [-0.25, -0.2) is 5.43 Å². The number of hydrazone groups is 1. The van der Waals surface area contributed by atoms with Gasteiger partial charge in [0.25, 0.3) is 5.91 Å². The summed E-state index contributed by atoms with van der Waals surface area (Å²) in [6.07, 6.45) is 1.54. The lowest BCUT2D eigenvalue weighted by atomic mass is 10.1. The van der Waals surface area contributed by atoms with Gasteiger partial charge in [0.1, 0.15) is 0 Å². The molecule has 2 aromatic rings. The summed E-state index contributed by atoms with van der Waals surface area (Å²) in [6.45, 7) is 9.29. The van der Waals surface area contributed by atoms with Crippen molar-refractivity contribution in [3.8, 4) is 11.5 Å². The number of benzene rings is 2. The fourth-order valence-corrected chi connectivity index (χ4v) is 3.36. The molecule has 3 rings (SSSR count). The average Bonchev–Trinajstić information content (AvgIpc) is 2.74. The van der Waals surface area contributed by atoms with Crippen molar-refractivity contribution in [1.29, 1.82) is 0 Å². The number of carbonyl (C=O) groups excluding carboxylic acids is 1. The highest BCUT2D eigenvalue weighted by molar-refractivity contribution is 5.83. The van der Waals surface area contributed by atoms with Crippen molar-refractivity contribution in [3.05, 3.63) is 59.2 Å². The first-order valence-electron chi connectivity index (χ1n) is 10.3. The molecule has 1 saturated heterocycles. The Morgan fingerprint density at radius 1 is 1.13 bits per heavy atom. The van der Waals surface area contributed by atoms with Crippen LogP contribution in [0.1, 0.15) is 23.6 Å². The Labute approximate surface area is 178 Å². The number of piperazine rings is 1. The van der Waals surface area contributed by atoms with Crippen LogP contribution in [0.5, 0.6) is 11.5 Å². The molecule has 0 aromatic heterocycles. The summed E-state index contributed by atoms with van der Waals surface area (Å²) >= 11 is 0. The largest absolute Gasteiger partial charge is 0.504 e. The van der Waals surface area contributed by atoms with Crippen LogP contribution in [0, 0.1) is 6.92 Å². The van der Waals surface area contributed by atoms with Crippen LogP contribution < -0.4 is 10.2 Å².